The van der Waals surface area contributed by atoms with Gasteiger partial charge in [0.05, 0.1) is 15.8 Å². The van der Waals surface area contributed by atoms with Crippen molar-refractivity contribution >= 4 is 28.8 Å². The Labute approximate surface area is 136 Å². The molecule has 0 unspecified atom stereocenters. The number of aliphatic hydroxyl groups is 1. The van der Waals surface area contributed by atoms with Gasteiger partial charge in [-0.15, -0.1) is 11.3 Å². The number of thiophene rings is 1. The van der Waals surface area contributed by atoms with E-state index in [1.807, 2.05) is 6.07 Å². The molecule has 3 rings (SSSR count). The molecule has 0 bridgehead atoms. The second-order valence-electron chi connectivity index (χ2n) is 5.04. The van der Waals surface area contributed by atoms with Gasteiger partial charge in [0.15, 0.2) is 11.5 Å². The topological polar surface area (TPSA) is 69.8 Å². The maximum atomic E-state index is 12.4. The number of aliphatic hydroxyl groups excluding tert-OH is 1. The number of piperazine rings is 1. The van der Waals surface area contributed by atoms with Crippen LogP contribution in [-0.4, -0.2) is 65.3 Å². The molecule has 0 radical (unpaired) electrons. The summed E-state index contributed by atoms with van der Waals surface area (Å²) in [5.41, 5.74) is 0.315. The molecule has 1 aliphatic heterocycles. The number of nitrogens with zero attached hydrogens (tertiary/aromatic N) is 3. The Kier molecular flexibility index (Phi) is 4.77. The van der Waals surface area contributed by atoms with E-state index >= 15 is 0 Å². The Morgan fingerprint density at radius 1 is 1.36 bits per heavy atom. The summed E-state index contributed by atoms with van der Waals surface area (Å²) in [6.45, 7) is 3.58. The molecule has 118 valence electrons. The standard InChI is InChI=1S/C14H16ClN3O3S/c15-13-2-1-12(22-13)11-9-10(16-21-11)14(20)18-5-3-17(4-6-18)7-8-19/h1-2,9,19H,3-8H2. The first kappa shape index (κ1) is 15.5. The minimum atomic E-state index is -0.124. The van der Waals surface area contributed by atoms with Crippen molar-refractivity contribution in [3.63, 3.8) is 0 Å². The average Bonchev–Trinajstić information content (AvgIpc) is 3.16. The van der Waals surface area contributed by atoms with E-state index in [0.29, 0.717) is 35.4 Å². The molecule has 1 amide bonds. The van der Waals surface area contributed by atoms with Crippen molar-refractivity contribution in [1.82, 2.24) is 15.0 Å². The van der Waals surface area contributed by atoms with Crippen LogP contribution >= 0.6 is 22.9 Å². The number of hydrogen-bond acceptors (Lipinski definition) is 6. The largest absolute Gasteiger partial charge is 0.395 e. The van der Waals surface area contributed by atoms with E-state index in [2.05, 4.69) is 10.1 Å². The highest BCUT2D eigenvalue weighted by Crippen LogP contribution is 2.31. The number of halogens is 1. The predicted molar refractivity (Wildman–Crippen MR) is 84.3 cm³/mol. The third-order valence-electron chi connectivity index (χ3n) is 3.62. The van der Waals surface area contributed by atoms with Crippen LogP contribution in [0.2, 0.25) is 4.34 Å². The van der Waals surface area contributed by atoms with Crippen molar-refractivity contribution in [1.29, 1.82) is 0 Å². The second kappa shape index (κ2) is 6.78. The van der Waals surface area contributed by atoms with Crippen LogP contribution in [0.25, 0.3) is 10.6 Å². The molecule has 1 N–H and O–H groups in total. The van der Waals surface area contributed by atoms with E-state index in [1.165, 1.54) is 11.3 Å². The summed E-state index contributed by atoms with van der Waals surface area (Å²) in [7, 11) is 0. The number of amides is 1. The van der Waals surface area contributed by atoms with Gasteiger partial charge in [-0.2, -0.15) is 0 Å². The number of carbonyl (C=O) groups excluding carboxylic acids is 1. The summed E-state index contributed by atoms with van der Waals surface area (Å²) in [6, 6.07) is 5.28. The van der Waals surface area contributed by atoms with E-state index < -0.39 is 0 Å². The first-order valence-electron chi connectivity index (χ1n) is 7.02. The van der Waals surface area contributed by atoms with Crippen molar-refractivity contribution in [2.45, 2.75) is 0 Å². The van der Waals surface area contributed by atoms with Crippen LogP contribution in [0.4, 0.5) is 0 Å². The van der Waals surface area contributed by atoms with Gasteiger partial charge in [0.25, 0.3) is 5.91 Å². The first-order valence-corrected chi connectivity index (χ1v) is 8.22. The second-order valence-corrected chi connectivity index (χ2v) is 6.75. The summed E-state index contributed by atoms with van der Waals surface area (Å²) in [5.74, 6) is 0.431. The lowest BCUT2D eigenvalue weighted by Gasteiger charge is -2.33. The highest BCUT2D eigenvalue weighted by molar-refractivity contribution is 7.19. The van der Waals surface area contributed by atoms with E-state index in [9.17, 15) is 4.79 Å². The molecule has 8 heteroatoms. The quantitative estimate of drug-likeness (QED) is 0.918. The fraction of sp³-hybridized carbons (Fsp3) is 0.429. The maximum absolute atomic E-state index is 12.4. The molecule has 2 aromatic rings. The molecule has 22 heavy (non-hydrogen) atoms. The summed E-state index contributed by atoms with van der Waals surface area (Å²) in [6.07, 6.45) is 0. The molecule has 1 fully saturated rings. The molecule has 1 saturated heterocycles. The smallest absolute Gasteiger partial charge is 0.276 e. The van der Waals surface area contributed by atoms with Crippen LogP contribution in [0, 0.1) is 0 Å². The molecule has 0 aliphatic carbocycles. The van der Waals surface area contributed by atoms with Crippen LogP contribution in [0.5, 0.6) is 0 Å². The lowest BCUT2D eigenvalue weighted by Crippen LogP contribution is -2.49. The minimum absolute atomic E-state index is 0.124. The molecule has 0 saturated carbocycles. The molecule has 0 atom stereocenters. The van der Waals surface area contributed by atoms with Crippen molar-refractivity contribution < 1.29 is 14.4 Å². The van der Waals surface area contributed by atoms with Gasteiger partial charge in [-0.05, 0) is 12.1 Å². The van der Waals surface area contributed by atoms with E-state index in [1.54, 1.807) is 17.0 Å². The van der Waals surface area contributed by atoms with Gasteiger partial charge < -0.3 is 14.5 Å². The van der Waals surface area contributed by atoms with Crippen LogP contribution in [0.3, 0.4) is 0 Å². The third-order valence-corrected chi connectivity index (χ3v) is 4.87. The molecule has 0 spiro atoms. The van der Waals surface area contributed by atoms with Gasteiger partial charge in [-0.25, -0.2) is 0 Å². The molecule has 0 aromatic carbocycles. The Hall–Kier alpha value is -1.41. The number of β-amino-alcohol motifs (C(OH)–C–C–N with tert-alkyl or cyclic N) is 1. The average molecular weight is 342 g/mol. The minimum Gasteiger partial charge on any atom is -0.395 e. The van der Waals surface area contributed by atoms with Crippen LogP contribution in [0.1, 0.15) is 10.5 Å². The lowest BCUT2D eigenvalue weighted by atomic mass is 10.2. The molecule has 6 nitrogen and oxygen atoms in total. The lowest BCUT2D eigenvalue weighted by molar-refractivity contribution is 0.0605. The molecular weight excluding hydrogens is 326 g/mol. The number of aromatic nitrogens is 1. The molecule has 3 heterocycles. The first-order chi connectivity index (χ1) is 10.7. The summed E-state index contributed by atoms with van der Waals surface area (Å²) in [4.78, 5) is 17.2. The SMILES string of the molecule is O=C(c1cc(-c2ccc(Cl)s2)on1)N1CCN(CCO)CC1. The van der Waals surface area contributed by atoms with Crippen molar-refractivity contribution in [2.24, 2.45) is 0 Å². The zero-order chi connectivity index (χ0) is 15.5. The fourth-order valence-corrected chi connectivity index (χ4v) is 3.41. The summed E-state index contributed by atoms with van der Waals surface area (Å²) in [5, 5.41) is 12.8. The van der Waals surface area contributed by atoms with Crippen LogP contribution in [-0.2, 0) is 0 Å². The normalized spacial score (nSPS) is 16.2. The Morgan fingerprint density at radius 3 is 2.77 bits per heavy atom. The summed E-state index contributed by atoms with van der Waals surface area (Å²) >= 11 is 7.28. The zero-order valence-corrected chi connectivity index (χ0v) is 13.4. The van der Waals surface area contributed by atoms with Gasteiger partial charge in [-0.3, -0.25) is 9.69 Å². The maximum Gasteiger partial charge on any atom is 0.276 e. The number of hydrogen-bond donors (Lipinski definition) is 1. The van der Waals surface area contributed by atoms with E-state index in [-0.39, 0.29) is 12.5 Å². The van der Waals surface area contributed by atoms with Gasteiger partial charge in [0.1, 0.15) is 0 Å². The molecular formula is C14H16ClN3O3S. The Bertz CT molecular complexity index is 649. The summed E-state index contributed by atoms with van der Waals surface area (Å²) < 4.78 is 5.91. The van der Waals surface area contributed by atoms with Gasteiger partial charge >= 0.3 is 0 Å². The van der Waals surface area contributed by atoms with E-state index in [4.69, 9.17) is 21.2 Å². The molecule has 2 aromatic heterocycles. The predicted octanol–water partition coefficient (Wildman–Crippen LogP) is 1.81. The van der Waals surface area contributed by atoms with Crippen molar-refractivity contribution in [2.75, 3.05) is 39.3 Å². The van der Waals surface area contributed by atoms with Gasteiger partial charge in [0, 0.05) is 38.8 Å². The Morgan fingerprint density at radius 2 is 2.14 bits per heavy atom. The molecule has 1 aliphatic rings. The zero-order valence-electron chi connectivity index (χ0n) is 11.9. The fourth-order valence-electron chi connectivity index (χ4n) is 2.42. The van der Waals surface area contributed by atoms with Crippen molar-refractivity contribution in [3.05, 3.63) is 28.2 Å². The van der Waals surface area contributed by atoms with Crippen molar-refractivity contribution in [3.8, 4) is 10.6 Å². The van der Waals surface area contributed by atoms with Gasteiger partial charge in [-0.1, -0.05) is 16.8 Å². The highest BCUT2D eigenvalue weighted by atomic mass is 35.5. The van der Waals surface area contributed by atoms with Crippen LogP contribution < -0.4 is 0 Å². The number of carbonyl (C=O) groups is 1. The number of rotatable bonds is 4. The van der Waals surface area contributed by atoms with Gasteiger partial charge in [0.2, 0.25) is 0 Å². The van der Waals surface area contributed by atoms with E-state index in [0.717, 1.165) is 18.0 Å². The third kappa shape index (κ3) is 3.33. The highest BCUT2D eigenvalue weighted by Gasteiger charge is 2.24. The van der Waals surface area contributed by atoms with Crippen LogP contribution in [0.15, 0.2) is 22.7 Å². The Balaban J connectivity index is 1.65. The monoisotopic (exact) mass is 341 g/mol.